The molecule has 5 nitrogen and oxygen atoms in total. The molecule has 0 N–H and O–H groups in total. The number of fused-ring (bicyclic) bond motifs is 1. The summed E-state index contributed by atoms with van der Waals surface area (Å²) in [7, 11) is -5.86. The summed E-state index contributed by atoms with van der Waals surface area (Å²) in [5.41, 5.74) is 6.41. The maximum atomic E-state index is 13.4. The molecule has 1 unspecified atom stereocenters. The van der Waals surface area contributed by atoms with Crippen LogP contribution in [0.25, 0.3) is 50.1 Å². The molecule has 1 atom stereocenters. The molecule has 1 aliphatic rings. The van der Waals surface area contributed by atoms with Crippen LogP contribution in [0.3, 0.4) is 0 Å². The van der Waals surface area contributed by atoms with Gasteiger partial charge in [-0.3, -0.25) is 4.98 Å². The molecule has 344 valence electrons. The molecule has 0 bridgehead atoms. The standard InChI is InChI=1S/C59H53F3N2O3S/c1-43(47-32-34-51(35-33-47)57-37-36-50-30-20-21-31-56(50)64-57)22-13-10-14-23-44(2)52-38-46(39-53(40-52)67-68(65,66)59(60,61)62)25-15-7-4-6-12-24-45(3)55-42-63-58(49-28-18-11-19-29-49)41-54(55)48-26-16-8-5-9-17-27-48/h4,6-8,10-14,16-21,23,26-42,44H,1,3,5,9,15,22,24-25H2,2H3/b7-4-,12-6-,13-10-,16-8-,23-14-,27-17?,48-26?. The lowest BCUT2D eigenvalue weighted by molar-refractivity contribution is -0.0500. The fourth-order valence-corrected chi connectivity index (χ4v) is 8.08. The number of para-hydroxylation sites is 1. The second kappa shape index (κ2) is 22.9. The van der Waals surface area contributed by atoms with Gasteiger partial charge in [-0.15, -0.1) is 0 Å². The molecule has 4 aromatic carbocycles. The van der Waals surface area contributed by atoms with Crippen LogP contribution >= 0.6 is 0 Å². The molecule has 9 heteroatoms. The Bertz CT molecular complexity index is 3080. The summed E-state index contributed by atoms with van der Waals surface area (Å²) in [6.07, 6.45) is 32.2. The first-order valence-electron chi connectivity index (χ1n) is 22.6. The Labute approximate surface area is 398 Å². The van der Waals surface area contributed by atoms with Crippen LogP contribution < -0.4 is 4.18 Å². The number of hydrogen-bond acceptors (Lipinski definition) is 5. The first-order valence-corrected chi connectivity index (χ1v) is 24.0. The number of nitrogens with zero attached hydrogens (tertiary/aromatic N) is 2. The van der Waals surface area contributed by atoms with Crippen LogP contribution in [0, 0.1) is 0 Å². The minimum atomic E-state index is -5.86. The van der Waals surface area contributed by atoms with E-state index in [1.165, 1.54) is 12.1 Å². The highest BCUT2D eigenvalue weighted by atomic mass is 32.2. The predicted molar refractivity (Wildman–Crippen MR) is 275 cm³/mol. The van der Waals surface area contributed by atoms with Gasteiger partial charge in [-0.25, -0.2) is 4.98 Å². The third kappa shape index (κ3) is 13.2. The van der Waals surface area contributed by atoms with E-state index in [0.29, 0.717) is 36.8 Å². The summed E-state index contributed by atoms with van der Waals surface area (Å²) in [4.78, 5) is 9.58. The summed E-state index contributed by atoms with van der Waals surface area (Å²) in [6.45, 7) is 10.5. The zero-order valence-electron chi connectivity index (χ0n) is 37.9. The van der Waals surface area contributed by atoms with Crippen LogP contribution in [0.4, 0.5) is 13.2 Å². The Balaban J connectivity index is 0.965. The molecule has 68 heavy (non-hydrogen) atoms. The molecule has 0 saturated heterocycles. The Morgan fingerprint density at radius 3 is 2.26 bits per heavy atom. The third-order valence-corrected chi connectivity index (χ3v) is 12.4. The number of allylic oxidation sites excluding steroid dienone is 16. The summed E-state index contributed by atoms with van der Waals surface area (Å²) in [5, 5.41) is 1.09. The molecule has 0 radical (unpaired) electrons. The zero-order chi connectivity index (χ0) is 47.9. The number of halogens is 3. The van der Waals surface area contributed by atoms with Crippen LogP contribution in [-0.4, -0.2) is 23.9 Å². The summed E-state index contributed by atoms with van der Waals surface area (Å²) in [5.74, 6) is -0.665. The lowest BCUT2D eigenvalue weighted by Crippen LogP contribution is -2.28. The second-order valence-corrected chi connectivity index (χ2v) is 18.0. The van der Waals surface area contributed by atoms with E-state index in [0.717, 1.165) is 79.7 Å². The highest BCUT2D eigenvalue weighted by Crippen LogP contribution is 2.33. The van der Waals surface area contributed by atoms with Gasteiger partial charge in [0.1, 0.15) is 5.75 Å². The van der Waals surface area contributed by atoms with Crippen molar-refractivity contribution in [1.29, 1.82) is 0 Å². The van der Waals surface area contributed by atoms with Gasteiger partial charge in [-0.05, 0) is 114 Å². The number of aryl methyl sites for hydroxylation is 1. The van der Waals surface area contributed by atoms with Crippen LogP contribution in [0.15, 0.2) is 214 Å². The van der Waals surface area contributed by atoms with E-state index in [9.17, 15) is 21.6 Å². The lowest BCUT2D eigenvalue weighted by atomic mass is 9.92. The second-order valence-electron chi connectivity index (χ2n) is 16.5. The molecule has 2 aromatic heterocycles. The number of pyridine rings is 2. The van der Waals surface area contributed by atoms with E-state index in [1.807, 2.05) is 153 Å². The van der Waals surface area contributed by atoms with Crippen molar-refractivity contribution in [3.05, 3.63) is 241 Å². The molecule has 2 heterocycles. The fourth-order valence-electron chi connectivity index (χ4n) is 7.64. The topological polar surface area (TPSA) is 69.2 Å². The number of rotatable bonds is 18. The monoisotopic (exact) mass is 926 g/mol. The molecule has 7 rings (SSSR count). The number of benzene rings is 4. The smallest absolute Gasteiger partial charge is 0.376 e. The molecular weight excluding hydrogens is 874 g/mol. The van der Waals surface area contributed by atoms with Crippen molar-refractivity contribution in [2.45, 2.75) is 56.9 Å². The van der Waals surface area contributed by atoms with Gasteiger partial charge in [0.15, 0.2) is 0 Å². The largest absolute Gasteiger partial charge is 0.534 e. The Morgan fingerprint density at radius 1 is 0.765 bits per heavy atom. The molecule has 0 aliphatic heterocycles. The molecule has 0 fully saturated rings. The minimum absolute atomic E-state index is 0.275. The average Bonchev–Trinajstić information content (AvgIpc) is 3.32. The summed E-state index contributed by atoms with van der Waals surface area (Å²) in [6, 6.07) is 37.0. The maximum Gasteiger partial charge on any atom is 0.534 e. The normalized spacial score (nSPS) is 14.4. The Morgan fingerprint density at radius 2 is 1.47 bits per heavy atom. The highest BCUT2D eigenvalue weighted by molar-refractivity contribution is 7.88. The highest BCUT2D eigenvalue weighted by Gasteiger charge is 2.48. The van der Waals surface area contributed by atoms with Gasteiger partial charge >= 0.3 is 15.6 Å². The van der Waals surface area contributed by atoms with E-state index < -0.39 is 15.6 Å². The van der Waals surface area contributed by atoms with Crippen molar-refractivity contribution in [1.82, 2.24) is 9.97 Å². The minimum Gasteiger partial charge on any atom is -0.376 e. The fraction of sp³-hybridized carbons (Fsp3) is 0.153. The molecule has 0 spiro atoms. The predicted octanol–water partition coefficient (Wildman–Crippen LogP) is 15.9. The van der Waals surface area contributed by atoms with Gasteiger partial charge in [0.25, 0.3) is 0 Å². The SMILES string of the molecule is C=C(C/C=C\C=C/C(C)c1cc(CC/C=C\C=C/CC(=C)c2cnc(-c3ccccc3)cc2C2=C/C=C\CCC=C2)cc(OS(=O)(=O)C(F)(F)F)c1)c1ccc(-c2ccc3ccccc3n2)cc1. The van der Waals surface area contributed by atoms with Gasteiger partial charge in [0, 0.05) is 28.3 Å². The number of alkyl halides is 3. The average molecular weight is 927 g/mol. The van der Waals surface area contributed by atoms with Gasteiger partial charge in [-0.2, -0.15) is 21.6 Å². The molecule has 0 amide bonds. The van der Waals surface area contributed by atoms with Crippen LogP contribution in [0.1, 0.15) is 72.8 Å². The van der Waals surface area contributed by atoms with E-state index in [4.69, 9.17) is 9.97 Å². The van der Waals surface area contributed by atoms with Crippen molar-refractivity contribution in [2.75, 3.05) is 0 Å². The van der Waals surface area contributed by atoms with Crippen LogP contribution in [0.5, 0.6) is 5.75 Å². The maximum absolute atomic E-state index is 13.4. The van der Waals surface area contributed by atoms with Crippen molar-refractivity contribution < 1.29 is 25.8 Å². The van der Waals surface area contributed by atoms with Crippen LogP contribution in [0.2, 0.25) is 0 Å². The van der Waals surface area contributed by atoms with Crippen molar-refractivity contribution in [3.63, 3.8) is 0 Å². The zero-order valence-corrected chi connectivity index (χ0v) is 38.8. The molecule has 6 aromatic rings. The number of aromatic nitrogens is 2. The van der Waals surface area contributed by atoms with Gasteiger partial charge in [-0.1, -0.05) is 184 Å². The molecular formula is C59H53F3N2O3S. The summed E-state index contributed by atoms with van der Waals surface area (Å²) < 4.78 is 68.7. The molecule has 1 aliphatic carbocycles. The van der Waals surface area contributed by atoms with Gasteiger partial charge in [0.2, 0.25) is 0 Å². The van der Waals surface area contributed by atoms with Crippen molar-refractivity contribution in [3.8, 4) is 28.3 Å². The van der Waals surface area contributed by atoms with Crippen molar-refractivity contribution >= 4 is 37.7 Å². The Hall–Kier alpha value is -7.36. The van der Waals surface area contributed by atoms with E-state index in [1.54, 1.807) is 0 Å². The van der Waals surface area contributed by atoms with Gasteiger partial charge < -0.3 is 4.18 Å². The Kier molecular flexibility index (Phi) is 16.4. The summed E-state index contributed by atoms with van der Waals surface area (Å²) >= 11 is 0. The quantitative estimate of drug-likeness (QED) is 0.0488. The third-order valence-electron chi connectivity index (χ3n) is 11.4. The van der Waals surface area contributed by atoms with E-state index in [2.05, 4.69) is 59.9 Å². The first kappa shape index (κ1) is 48.6. The van der Waals surface area contributed by atoms with Gasteiger partial charge in [0.05, 0.1) is 16.9 Å². The first-order chi connectivity index (χ1) is 32.8. The number of hydrogen-bond donors (Lipinski definition) is 0. The lowest BCUT2D eigenvalue weighted by Gasteiger charge is -2.14. The van der Waals surface area contributed by atoms with Crippen molar-refractivity contribution in [2.24, 2.45) is 0 Å². The molecule has 0 saturated carbocycles. The van der Waals surface area contributed by atoms with E-state index in [-0.39, 0.29) is 11.7 Å². The van der Waals surface area contributed by atoms with E-state index >= 15 is 0 Å². The van der Waals surface area contributed by atoms with Crippen LogP contribution in [-0.2, 0) is 16.5 Å².